The lowest BCUT2D eigenvalue weighted by atomic mass is 9.63. The van der Waals surface area contributed by atoms with Crippen molar-refractivity contribution >= 4 is 53.9 Å². The second-order valence-electron chi connectivity index (χ2n) is 43.5. The van der Waals surface area contributed by atoms with Gasteiger partial charge in [-0.2, -0.15) is 0 Å². The van der Waals surface area contributed by atoms with Gasteiger partial charge in [0.15, 0.2) is 31.0 Å². The summed E-state index contributed by atoms with van der Waals surface area (Å²) in [5.74, 6) is 13.5. The van der Waals surface area contributed by atoms with Crippen molar-refractivity contribution in [1.82, 2.24) is 15.0 Å². The number of fused-ring (bicyclic) bond motifs is 17. The smallest absolute Gasteiger partial charge is 0.221 e. The number of hydrogen-bond acceptors (Lipinski definition) is 3. The van der Waals surface area contributed by atoms with E-state index in [-0.39, 0.29) is 0 Å². The summed E-state index contributed by atoms with van der Waals surface area (Å²) in [6.07, 6.45) is 54.4. The van der Waals surface area contributed by atoms with E-state index in [1.165, 1.54) is 290 Å². The third kappa shape index (κ3) is 17.1. The van der Waals surface area contributed by atoms with Gasteiger partial charge in [-0.05, 0) is 381 Å². The van der Waals surface area contributed by atoms with Crippen molar-refractivity contribution in [2.75, 3.05) is 0 Å². The van der Waals surface area contributed by atoms with Crippen LogP contribution in [0.25, 0.3) is 121 Å². The first kappa shape index (κ1) is 87.6. The van der Waals surface area contributed by atoms with Gasteiger partial charge in [-0.3, -0.25) is 15.0 Å². The van der Waals surface area contributed by atoms with Crippen molar-refractivity contribution in [3.8, 4) is 67.4 Å². The lowest BCUT2D eigenvalue weighted by Gasteiger charge is -2.42. The highest BCUT2D eigenvalue weighted by Gasteiger charge is 2.44. The summed E-state index contributed by atoms with van der Waals surface area (Å²) in [5, 5.41) is 13.6. The van der Waals surface area contributed by atoms with Crippen LogP contribution in [-0.4, -0.2) is 15.0 Å². The average Bonchev–Trinajstić information content (AvgIpc) is 1.18. The molecule has 0 amide bonds. The predicted octanol–water partition coefficient (Wildman–Crippen LogP) is 28.7. The number of nitrogens with zero attached hydrogens (tertiary/aromatic N) is 8. The average molecular weight is 1760 g/mol. The lowest BCUT2D eigenvalue weighted by Crippen LogP contribution is -2.31. The quantitative estimate of drug-likeness (QED) is 0.121. The minimum absolute atomic E-state index is 0.774. The monoisotopic (exact) mass is 1760 g/mol. The zero-order valence-electron chi connectivity index (χ0n) is 81.3. The zero-order valence-corrected chi connectivity index (χ0v) is 81.3. The molecule has 12 aliphatic carbocycles. The molecule has 0 radical (unpaired) electrons. The Morgan fingerprint density at radius 3 is 0.933 bits per heavy atom. The van der Waals surface area contributed by atoms with Crippen LogP contribution in [0.4, 0.5) is 0 Å². The van der Waals surface area contributed by atoms with Crippen molar-refractivity contribution in [2.24, 2.45) is 94.4 Å². The summed E-state index contributed by atoms with van der Waals surface area (Å²) in [6, 6.07) is 78.3. The third-order valence-electron chi connectivity index (χ3n) is 35.4. The van der Waals surface area contributed by atoms with Crippen LogP contribution < -0.4 is 22.8 Å². The van der Waals surface area contributed by atoms with E-state index in [1.807, 2.05) is 43.2 Å². The predicted molar refractivity (Wildman–Crippen MR) is 550 cm³/mol. The van der Waals surface area contributed by atoms with Crippen molar-refractivity contribution < 1.29 is 22.8 Å². The Labute approximate surface area is 796 Å². The molecule has 10 bridgehead atoms. The van der Waals surface area contributed by atoms with E-state index in [4.69, 9.17) is 0 Å². The van der Waals surface area contributed by atoms with E-state index in [0.29, 0.717) is 0 Å². The fraction of sp³-hybridized carbons (Fsp3) is 0.381. The van der Waals surface area contributed by atoms with Crippen molar-refractivity contribution in [2.45, 2.75) is 212 Å². The molecule has 12 fully saturated rings. The summed E-state index contributed by atoms with van der Waals surface area (Å²) in [7, 11) is 10.8. The summed E-state index contributed by atoms with van der Waals surface area (Å²) in [4.78, 5) is 12.9. The van der Waals surface area contributed by atoms with E-state index >= 15 is 0 Å². The third-order valence-corrected chi connectivity index (χ3v) is 35.4. The Morgan fingerprint density at radius 1 is 0.224 bits per heavy atom. The van der Waals surface area contributed by atoms with Crippen LogP contribution in [0.5, 0.6) is 0 Å². The Balaban J connectivity index is 0.0000000977. The number of aromatic nitrogens is 8. The second-order valence-corrected chi connectivity index (χ2v) is 43.5. The summed E-state index contributed by atoms with van der Waals surface area (Å²) in [6.45, 7) is 13.1. The Morgan fingerprint density at radius 2 is 0.560 bits per heavy atom. The molecule has 0 N–H and O–H groups in total. The van der Waals surface area contributed by atoms with Gasteiger partial charge in [-0.25, -0.2) is 22.8 Å². The topological polar surface area (TPSA) is 58.1 Å². The molecule has 134 heavy (non-hydrogen) atoms. The number of hydrogen-bond donors (Lipinski definition) is 0. The van der Waals surface area contributed by atoms with E-state index in [1.54, 1.807) is 27.8 Å². The molecule has 0 aliphatic heterocycles. The molecule has 28 rings (SSSR count). The summed E-state index contributed by atoms with van der Waals surface area (Å²) in [5.41, 5.74) is 31.0. The van der Waals surface area contributed by atoms with Crippen LogP contribution in [0, 0.1) is 101 Å². The maximum atomic E-state index is 4.36. The van der Waals surface area contributed by atoms with E-state index in [9.17, 15) is 0 Å². The summed E-state index contributed by atoms with van der Waals surface area (Å²) < 4.78 is 11.3. The van der Waals surface area contributed by atoms with Gasteiger partial charge in [0.1, 0.15) is 35.2 Å². The molecule has 8 aromatic carbocycles. The van der Waals surface area contributed by atoms with Gasteiger partial charge in [0.05, 0.1) is 43.6 Å². The van der Waals surface area contributed by atoms with Gasteiger partial charge in [-0.15, -0.1) is 0 Å². The molecule has 16 aromatic rings. The van der Waals surface area contributed by atoms with Crippen molar-refractivity contribution in [1.29, 1.82) is 0 Å². The molecule has 11 unspecified atom stereocenters. The fourth-order valence-corrected chi connectivity index (χ4v) is 28.2. The highest BCUT2D eigenvalue weighted by molar-refractivity contribution is 5.98. The maximum absolute atomic E-state index is 4.36. The van der Waals surface area contributed by atoms with Crippen LogP contribution in [0.2, 0.25) is 0 Å². The minimum atomic E-state index is 0.774. The second kappa shape index (κ2) is 37.2. The molecule has 0 saturated heterocycles. The summed E-state index contributed by atoms with van der Waals surface area (Å²) >= 11 is 0. The Kier molecular flexibility index (Phi) is 24.3. The van der Waals surface area contributed by atoms with Crippen molar-refractivity contribution in [3.05, 3.63) is 336 Å². The number of rotatable bonds is 11. The van der Waals surface area contributed by atoms with Crippen LogP contribution in [0.15, 0.2) is 274 Å². The molecular formula is C126H137N8+5. The van der Waals surface area contributed by atoms with E-state index in [0.717, 1.165) is 94.3 Å². The van der Waals surface area contributed by atoms with Gasteiger partial charge < -0.3 is 0 Å². The van der Waals surface area contributed by atoms with Gasteiger partial charge in [-0.1, -0.05) is 160 Å². The zero-order chi connectivity index (χ0) is 91.1. The standard InChI is InChI=1S/C29H29N2.C26H30N.C25H28N.2C23H25N2/c1-19-5-7-21(25-4-3-12-30-18-25)17-27(19)29-26-10-9-23(16-24(26)11-13-31(29)2)28-15-20-6-8-22(28)14-20;1-17-4-5-18(2)24(14-17)26-23-11-10-21(16-22(23)12-13-27(26)3)25-15-19-6-8-20(25)9-7-19;1-17-5-3-4-6-22(17)25-23-12-11-20(16-21(23)13-14-26(25)2)24-15-18-7-9-19(24)10-8-18;1-15-14-24-9-7-20(15)23-21-6-5-18(13-19(21)8-10-25(23)2)22-12-16-3-4-17(22)11-16;1-15-7-9-24-14-22(15)23-20-6-5-18(13-19(20)8-10-25(23)2)21-12-16-3-4-17(21)11-16/h3-5,7,9-13,16-18,20,22,28H,6,8,14-15H2,1-2H3;4-5,10-14,16,19-20,25H,6-9,15H2,1-3H3;3-6,11-14,16,18-19,24H,7-10,15H2,1-2H3;5-10,13-14,16-17,22H,3-4,11-12H2,1-2H3;5-10,13-14,16-17,21H,3-4,11-12H2,1-2H3/q5*+1. The fourth-order valence-electron chi connectivity index (χ4n) is 28.2. The Hall–Kier alpha value is -11.7. The first-order valence-electron chi connectivity index (χ1n) is 51.5. The van der Waals surface area contributed by atoms with Crippen LogP contribution in [0.3, 0.4) is 0 Å². The lowest BCUT2D eigenvalue weighted by molar-refractivity contribution is -0.659. The van der Waals surface area contributed by atoms with E-state index in [2.05, 4.69) is 346 Å². The molecule has 12 aliphatic rings. The molecule has 8 heteroatoms. The molecule has 12 saturated carbocycles. The van der Waals surface area contributed by atoms with Crippen molar-refractivity contribution in [3.63, 3.8) is 0 Å². The number of benzene rings is 8. The molecule has 8 nitrogen and oxygen atoms in total. The maximum Gasteiger partial charge on any atom is 0.221 e. The molecular weight excluding hydrogens is 1630 g/mol. The molecule has 8 aromatic heterocycles. The largest absolute Gasteiger partial charge is 0.264 e. The molecule has 676 valence electrons. The molecule has 0 spiro atoms. The Bertz CT molecular complexity index is 6970. The highest BCUT2D eigenvalue weighted by Crippen LogP contribution is 2.58. The first-order valence-corrected chi connectivity index (χ1v) is 51.5. The minimum Gasteiger partial charge on any atom is -0.264 e. The van der Waals surface area contributed by atoms with Crippen LogP contribution in [-0.2, 0) is 35.2 Å². The first-order chi connectivity index (χ1) is 65.4. The van der Waals surface area contributed by atoms with Gasteiger partial charge in [0, 0.05) is 84.2 Å². The normalized spacial score (nSPS) is 24.2. The number of pyridine rings is 8. The van der Waals surface area contributed by atoms with Gasteiger partial charge in [0.2, 0.25) is 28.5 Å². The van der Waals surface area contributed by atoms with Gasteiger partial charge >= 0.3 is 0 Å². The SMILES string of the molecule is Cc1ccc(-c2cccnc2)cc1-c1c2ccc(C3CC4CCC3C4)cc2cc[n+]1C.Cc1ccc(C)c(-c2c3ccc(C4CC5CCC4CC5)cc3cc[n+]2C)c1.Cc1ccccc1-c1c2ccc(C3CC4CCC3CC4)cc2cc[n+]1C.Cc1ccncc1-c1c2ccc(C3CC4CCC3C4)cc2cc[n+]1C.Cc1cnccc1-c1c2ccc(C3CC4CCC3C4)cc2cc[n+]1C. The highest BCUT2D eigenvalue weighted by atomic mass is 14.9. The molecule has 11 atom stereocenters. The van der Waals surface area contributed by atoms with Gasteiger partial charge in [0.25, 0.3) is 0 Å². The number of aryl methyl sites for hydroxylation is 11. The van der Waals surface area contributed by atoms with E-state index < -0.39 is 0 Å². The van der Waals surface area contributed by atoms with Crippen LogP contribution in [0.1, 0.15) is 232 Å². The van der Waals surface area contributed by atoms with Crippen LogP contribution >= 0.6 is 0 Å². The molecule has 8 heterocycles.